The third-order valence-electron chi connectivity index (χ3n) is 7.10. The van der Waals surface area contributed by atoms with Gasteiger partial charge in [0.15, 0.2) is 0 Å². The number of hydrogen-bond acceptors (Lipinski definition) is 3. The van der Waals surface area contributed by atoms with E-state index < -0.39 is 8.24 Å². The first-order valence-electron chi connectivity index (χ1n) is 12.0. The number of rotatable bonds is 3. The maximum atomic E-state index is 6.51. The highest BCUT2D eigenvalue weighted by molar-refractivity contribution is 7.31. The van der Waals surface area contributed by atoms with E-state index in [0.29, 0.717) is 0 Å². The minimum Gasteiger partial charge on any atom is -0.399 e. The van der Waals surface area contributed by atoms with Crippen molar-refractivity contribution in [2.45, 2.75) is 64.4 Å². The molecule has 6 rings (SSSR count). The Bertz CT molecular complexity index is 1240. The van der Waals surface area contributed by atoms with Gasteiger partial charge in [-0.05, 0) is 98.2 Å². The van der Waals surface area contributed by atoms with Crippen molar-refractivity contribution in [1.29, 1.82) is 0 Å². The van der Waals surface area contributed by atoms with Gasteiger partial charge in [0.25, 0.3) is 0 Å². The summed E-state index contributed by atoms with van der Waals surface area (Å²) >= 11 is 0. The fraction of sp³-hybridized carbons (Fsp3) is 0.357. The first-order valence-corrected chi connectivity index (χ1v) is 13.0. The van der Waals surface area contributed by atoms with E-state index >= 15 is 0 Å². The van der Waals surface area contributed by atoms with Gasteiger partial charge >= 0.3 is 8.24 Å². The van der Waals surface area contributed by atoms with Crippen LogP contribution in [0, 0.1) is 0 Å². The minimum absolute atomic E-state index is 0.109. The molecule has 0 saturated carbocycles. The summed E-state index contributed by atoms with van der Waals surface area (Å²) in [5.74, 6) is 0. The highest BCUT2D eigenvalue weighted by Crippen LogP contribution is 2.42. The molecule has 3 nitrogen and oxygen atoms in total. The Morgan fingerprint density at radius 3 is 1.78 bits per heavy atom. The monoisotopic (exact) mass is 444 g/mol. The Balaban J connectivity index is 1.62. The van der Waals surface area contributed by atoms with Crippen molar-refractivity contribution in [1.82, 2.24) is 0 Å². The van der Waals surface area contributed by atoms with Crippen molar-refractivity contribution < 1.29 is 12.9 Å². The van der Waals surface area contributed by atoms with Crippen LogP contribution in [0.3, 0.4) is 0 Å². The summed E-state index contributed by atoms with van der Waals surface area (Å²) < 4.78 is 19.4. The second-order valence-electron chi connectivity index (χ2n) is 9.13. The maximum Gasteiger partial charge on any atom is 0.388 e. The molecule has 3 aromatic carbocycles. The Morgan fingerprint density at radius 2 is 1.22 bits per heavy atom. The van der Waals surface area contributed by atoms with Crippen LogP contribution in [-0.4, -0.2) is 0 Å². The molecule has 0 saturated heterocycles. The van der Waals surface area contributed by atoms with Gasteiger partial charge in [0, 0.05) is 10.8 Å². The summed E-state index contributed by atoms with van der Waals surface area (Å²) in [6.07, 6.45) is 9.46. The lowest BCUT2D eigenvalue weighted by Crippen LogP contribution is -2.05. The van der Waals surface area contributed by atoms with Crippen molar-refractivity contribution in [2.75, 3.05) is 0 Å². The molecule has 1 atom stereocenters. The first kappa shape index (κ1) is 20.1. The van der Waals surface area contributed by atoms with Gasteiger partial charge in [0.05, 0.1) is 6.10 Å². The van der Waals surface area contributed by atoms with Crippen LogP contribution in [0.1, 0.15) is 66.5 Å². The molecule has 0 spiro atoms. The summed E-state index contributed by atoms with van der Waals surface area (Å²) in [5, 5.41) is 2.55. The Hall–Kier alpha value is -2.48. The molecule has 0 radical (unpaired) electrons. The van der Waals surface area contributed by atoms with E-state index in [0.717, 1.165) is 42.4 Å². The van der Waals surface area contributed by atoms with Crippen LogP contribution in [0.15, 0.2) is 63.0 Å². The molecule has 2 aliphatic rings. The second kappa shape index (κ2) is 8.46. The summed E-state index contributed by atoms with van der Waals surface area (Å²) in [4.78, 5) is 0. The molecule has 32 heavy (non-hydrogen) atoms. The van der Waals surface area contributed by atoms with Gasteiger partial charge < -0.3 is 8.39 Å². The molecule has 0 amide bonds. The maximum absolute atomic E-state index is 6.51. The Morgan fingerprint density at radius 1 is 0.688 bits per heavy atom. The van der Waals surface area contributed by atoms with E-state index in [4.69, 9.17) is 12.9 Å². The molecular weight excluding hydrogens is 415 g/mol. The van der Waals surface area contributed by atoms with Gasteiger partial charge in [0.1, 0.15) is 11.2 Å². The van der Waals surface area contributed by atoms with Crippen LogP contribution < -0.4 is 4.52 Å². The van der Waals surface area contributed by atoms with Crippen LogP contribution >= 0.6 is 8.24 Å². The fourth-order valence-electron chi connectivity index (χ4n) is 5.45. The van der Waals surface area contributed by atoms with Crippen molar-refractivity contribution in [3.8, 4) is 0 Å². The summed E-state index contributed by atoms with van der Waals surface area (Å²) in [6, 6.07) is 19.1. The van der Waals surface area contributed by atoms with Crippen molar-refractivity contribution in [2.24, 2.45) is 0 Å². The third-order valence-corrected chi connectivity index (χ3v) is 8.28. The smallest absolute Gasteiger partial charge is 0.388 e. The van der Waals surface area contributed by atoms with Gasteiger partial charge in [-0.3, -0.25) is 4.52 Å². The normalized spacial score (nSPS) is 16.5. The number of fused-ring (bicyclic) bond motifs is 7. The van der Waals surface area contributed by atoms with E-state index in [-0.39, 0.29) is 6.10 Å². The lowest BCUT2D eigenvalue weighted by atomic mass is 9.84. The molecule has 0 N–H and O–H groups in total. The van der Waals surface area contributed by atoms with E-state index in [1.807, 2.05) is 18.2 Å². The zero-order chi connectivity index (χ0) is 21.5. The average molecular weight is 445 g/mol. The SMILES string of the molecule is C[C@H](Op1oc2ccc3c(c2c2c4c(ccc2o1)CCCC4)CCCC3)c1ccccc1. The lowest BCUT2D eigenvalue weighted by molar-refractivity contribution is 0.285. The molecule has 0 fully saturated rings. The summed E-state index contributed by atoms with van der Waals surface area (Å²) in [7, 11) is -1.56. The molecule has 0 unspecified atom stereocenters. The van der Waals surface area contributed by atoms with E-state index in [1.165, 1.54) is 58.7 Å². The van der Waals surface area contributed by atoms with E-state index in [2.05, 4.69) is 43.3 Å². The van der Waals surface area contributed by atoms with Gasteiger partial charge in [-0.25, -0.2) is 0 Å². The van der Waals surface area contributed by atoms with Crippen LogP contribution in [0.25, 0.3) is 21.9 Å². The van der Waals surface area contributed by atoms with Gasteiger partial charge in [0.2, 0.25) is 0 Å². The summed E-state index contributed by atoms with van der Waals surface area (Å²) in [5.41, 5.74) is 8.86. The molecule has 1 aromatic heterocycles. The van der Waals surface area contributed by atoms with Crippen molar-refractivity contribution >= 4 is 30.2 Å². The van der Waals surface area contributed by atoms with Crippen LogP contribution in [0.5, 0.6) is 0 Å². The van der Waals surface area contributed by atoms with E-state index in [9.17, 15) is 0 Å². The molecular formula is C28H29O3P. The van der Waals surface area contributed by atoms with Crippen LogP contribution in [0.4, 0.5) is 0 Å². The molecule has 2 aliphatic carbocycles. The van der Waals surface area contributed by atoms with Gasteiger partial charge in [-0.15, -0.1) is 0 Å². The topological polar surface area (TPSA) is 35.5 Å². The molecule has 1 heterocycles. The molecule has 164 valence electrons. The van der Waals surface area contributed by atoms with Crippen molar-refractivity contribution in [3.63, 3.8) is 0 Å². The predicted octanol–water partition coefficient (Wildman–Crippen LogP) is 8.24. The average Bonchev–Trinajstić information content (AvgIpc) is 3.01. The fourth-order valence-corrected chi connectivity index (χ4v) is 6.58. The Labute approximate surface area is 190 Å². The highest BCUT2D eigenvalue weighted by atomic mass is 31.1. The molecule has 0 bridgehead atoms. The molecule has 4 heteroatoms. The van der Waals surface area contributed by atoms with Gasteiger partial charge in [-0.1, -0.05) is 42.5 Å². The van der Waals surface area contributed by atoms with Gasteiger partial charge in [-0.2, -0.15) is 0 Å². The van der Waals surface area contributed by atoms with E-state index in [1.54, 1.807) is 0 Å². The predicted molar refractivity (Wildman–Crippen MR) is 131 cm³/mol. The first-order chi connectivity index (χ1) is 15.8. The lowest BCUT2D eigenvalue weighted by Gasteiger charge is -2.20. The van der Waals surface area contributed by atoms with Crippen LogP contribution in [-0.2, 0) is 25.7 Å². The number of hydrogen-bond donors (Lipinski definition) is 0. The number of aryl methyl sites for hydroxylation is 4. The minimum atomic E-state index is -1.56. The Kier molecular flexibility index (Phi) is 5.33. The third kappa shape index (κ3) is 3.58. The highest BCUT2D eigenvalue weighted by Gasteiger charge is 2.22. The molecule has 4 aromatic rings. The molecule has 0 aliphatic heterocycles. The second-order valence-corrected chi connectivity index (χ2v) is 10.2. The number of benzene rings is 3. The zero-order valence-electron chi connectivity index (χ0n) is 18.6. The zero-order valence-corrected chi connectivity index (χ0v) is 19.5. The largest absolute Gasteiger partial charge is 0.399 e. The standard InChI is InChI=1S/C28H29O3P/c1-19(20-9-3-2-4-10-20)29-32-30-25-17-15-21-11-5-7-13-23(21)27(25)28-24-14-8-6-12-22(24)16-18-26(28)31-32/h2-4,9-10,15-19H,5-8,11-14H2,1H3/t19-/m0/s1. The summed E-state index contributed by atoms with van der Waals surface area (Å²) in [6.45, 7) is 2.07. The van der Waals surface area contributed by atoms with Crippen molar-refractivity contribution in [3.05, 3.63) is 82.4 Å². The van der Waals surface area contributed by atoms with Crippen LogP contribution in [0.2, 0.25) is 0 Å². The quantitative estimate of drug-likeness (QED) is 0.319.